The Kier molecular flexibility index (Phi) is 5.13. The zero-order valence-corrected chi connectivity index (χ0v) is 15.5. The average Bonchev–Trinajstić information content (AvgIpc) is 3.17. The number of aromatic amines is 1. The van der Waals surface area contributed by atoms with Crippen molar-refractivity contribution in [1.29, 1.82) is 0 Å². The number of hydrogen-bond acceptors (Lipinski definition) is 5. The van der Waals surface area contributed by atoms with Crippen LogP contribution < -0.4 is 5.32 Å². The minimum absolute atomic E-state index is 0.158. The molecule has 2 N–H and O–H groups in total. The Balaban J connectivity index is 1.35. The standard InChI is InChI=1S/C20H24N6O/c1-25-10-12-26(13-11-25)9-7-15-2-4-16(5-3-15)23-20(27)17-6-8-21-19-18(17)14-22-24-19/h2-6,8,14H,7,9-13H2,1H3,(H,23,27)(H,21,22,24). The minimum atomic E-state index is -0.158. The van der Waals surface area contributed by atoms with Crippen molar-refractivity contribution in [3.05, 3.63) is 53.9 Å². The number of fused-ring (bicyclic) bond motifs is 1. The lowest BCUT2D eigenvalue weighted by molar-refractivity contribution is 0.102. The quantitative estimate of drug-likeness (QED) is 0.724. The molecule has 4 rings (SSSR count). The number of amides is 1. The predicted octanol–water partition coefficient (Wildman–Crippen LogP) is 2.00. The number of piperazine rings is 1. The predicted molar refractivity (Wildman–Crippen MR) is 106 cm³/mol. The van der Waals surface area contributed by atoms with Gasteiger partial charge in [0.25, 0.3) is 5.91 Å². The molecular weight excluding hydrogens is 340 g/mol. The van der Waals surface area contributed by atoms with Crippen molar-refractivity contribution in [2.24, 2.45) is 0 Å². The molecule has 3 heterocycles. The second kappa shape index (κ2) is 7.85. The Morgan fingerprint density at radius 3 is 2.70 bits per heavy atom. The fourth-order valence-electron chi connectivity index (χ4n) is 3.36. The van der Waals surface area contributed by atoms with E-state index in [4.69, 9.17) is 0 Å². The van der Waals surface area contributed by atoms with E-state index < -0.39 is 0 Å². The van der Waals surface area contributed by atoms with Gasteiger partial charge in [-0.05, 0) is 37.2 Å². The van der Waals surface area contributed by atoms with E-state index in [2.05, 4.69) is 49.5 Å². The normalized spacial score (nSPS) is 15.9. The molecule has 2 aromatic heterocycles. The summed E-state index contributed by atoms with van der Waals surface area (Å²) in [5.41, 5.74) is 3.25. The molecule has 0 unspecified atom stereocenters. The number of nitrogens with one attached hydrogen (secondary N) is 2. The number of rotatable bonds is 5. The summed E-state index contributed by atoms with van der Waals surface area (Å²) in [6, 6.07) is 9.81. The molecule has 0 atom stereocenters. The number of aromatic nitrogens is 3. The summed E-state index contributed by atoms with van der Waals surface area (Å²) in [5, 5.41) is 10.4. The summed E-state index contributed by atoms with van der Waals surface area (Å²) < 4.78 is 0. The molecule has 0 saturated carbocycles. The Morgan fingerprint density at radius 1 is 1.15 bits per heavy atom. The zero-order chi connectivity index (χ0) is 18.6. The summed E-state index contributed by atoms with van der Waals surface area (Å²) in [4.78, 5) is 21.6. The van der Waals surface area contributed by atoms with Crippen molar-refractivity contribution in [3.63, 3.8) is 0 Å². The second-order valence-electron chi connectivity index (χ2n) is 7.04. The summed E-state index contributed by atoms with van der Waals surface area (Å²) in [6.07, 6.45) is 4.26. The van der Waals surface area contributed by atoms with E-state index in [-0.39, 0.29) is 5.91 Å². The van der Waals surface area contributed by atoms with Crippen LogP contribution in [0.1, 0.15) is 15.9 Å². The molecule has 0 bridgehead atoms. The Labute approximate surface area is 158 Å². The molecule has 1 saturated heterocycles. The smallest absolute Gasteiger partial charge is 0.256 e. The topological polar surface area (TPSA) is 77.1 Å². The van der Waals surface area contributed by atoms with Crippen LogP contribution in [-0.4, -0.2) is 70.7 Å². The van der Waals surface area contributed by atoms with Crippen LogP contribution in [0.4, 0.5) is 5.69 Å². The zero-order valence-electron chi connectivity index (χ0n) is 15.5. The van der Waals surface area contributed by atoms with Crippen LogP contribution in [0.2, 0.25) is 0 Å². The van der Waals surface area contributed by atoms with Gasteiger partial charge in [-0.3, -0.25) is 9.89 Å². The number of carbonyl (C=O) groups is 1. The van der Waals surface area contributed by atoms with Gasteiger partial charge in [0.05, 0.1) is 17.1 Å². The molecule has 0 radical (unpaired) electrons. The first-order chi connectivity index (χ1) is 13.2. The molecule has 1 aliphatic heterocycles. The van der Waals surface area contributed by atoms with Crippen LogP contribution in [0, 0.1) is 0 Å². The number of pyridine rings is 1. The summed E-state index contributed by atoms with van der Waals surface area (Å²) in [5.74, 6) is -0.158. The third kappa shape index (κ3) is 4.15. The van der Waals surface area contributed by atoms with Crippen molar-refractivity contribution >= 4 is 22.6 Å². The van der Waals surface area contributed by atoms with Crippen molar-refractivity contribution in [2.45, 2.75) is 6.42 Å². The fraction of sp³-hybridized carbons (Fsp3) is 0.350. The molecule has 1 fully saturated rings. The fourth-order valence-corrected chi connectivity index (χ4v) is 3.36. The highest BCUT2D eigenvalue weighted by Gasteiger charge is 2.14. The Bertz CT molecular complexity index is 912. The maximum Gasteiger partial charge on any atom is 0.256 e. The largest absolute Gasteiger partial charge is 0.322 e. The Hall–Kier alpha value is -2.77. The lowest BCUT2D eigenvalue weighted by Gasteiger charge is -2.32. The second-order valence-corrected chi connectivity index (χ2v) is 7.04. The first kappa shape index (κ1) is 17.6. The summed E-state index contributed by atoms with van der Waals surface area (Å²) >= 11 is 0. The van der Waals surface area contributed by atoms with E-state index in [0.717, 1.165) is 50.2 Å². The van der Waals surface area contributed by atoms with E-state index in [1.165, 1.54) is 5.56 Å². The number of carbonyl (C=O) groups excluding carboxylic acids is 1. The first-order valence-electron chi connectivity index (χ1n) is 9.28. The third-order valence-corrected chi connectivity index (χ3v) is 5.12. The molecule has 0 spiro atoms. The molecule has 27 heavy (non-hydrogen) atoms. The molecular formula is C20H24N6O. The highest BCUT2D eigenvalue weighted by Crippen LogP contribution is 2.17. The van der Waals surface area contributed by atoms with Gasteiger partial charge in [0.15, 0.2) is 5.65 Å². The van der Waals surface area contributed by atoms with Gasteiger partial charge in [0, 0.05) is 44.6 Å². The molecule has 1 amide bonds. The summed E-state index contributed by atoms with van der Waals surface area (Å²) in [6.45, 7) is 5.64. The monoisotopic (exact) mass is 364 g/mol. The lowest BCUT2D eigenvalue weighted by Crippen LogP contribution is -2.45. The van der Waals surface area contributed by atoms with Gasteiger partial charge < -0.3 is 15.1 Å². The third-order valence-electron chi connectivity index (χ3n) is 5.12. The average molecular weight is 364 g/mol. The highest BCUT2D eigenvalue weighted by molar-refractivity contribution is 6.11. The van der Waals surface area contributed by atoms with Gasteiger partial charge in [-0.1, -0.05) is 12.1 Å². The SMILES string of the molecule is CN1CCN(CCc2ccc(NC(=O)c3ccnc4[nH]ncc34)cc2)CC1. The van der Waals surface area contributed by atoms with Gasteiger partial charge in [0.2, 0.25) is 0 Å². The van der Waals surface area contributed by atoms with Crippen LogP contribution >= 0.6 is 0 Å². The van der Waals surface area contributed by atoms with E-state index in [1.54, 1.807) is 18.5 Å². The maximum absolute atomic E-state index is 12.6. The van der Waals surface area contributed by atoms with Crippen LogP contribution in [0.3, 0.4) is 0 Å². The molecule has 140 valence electrons. The first-order valence-corrected chi connectivity index (χ1v) is 9.28. The van der Waals surface area contributed by atoms with Crippen molar-refractivity contribution in [1.82, 2.24) is 25.0 Å². The van der Waals surface area contributed by atoms with Gasteiger partial charge in [-0.25, -0.2) is 4.98 Å². The van der Waals surface area contributed by atoms with Gasteiger partial charge in [-0.15, -0.1) is 0 Å². The van der Waals surface area contributed by atoms with Crippen molar-refractivity contribution in [2.75, 3.05) is 45.1 Å². The van der Waals surface area contributed by atoms with Crippen LogP contribution in [-0.2, 0) is 6.42 Å². The lowest BCUT2D eigenvalue weighted by atomic mass is 10.1. The van der Waals surface area contributed by atoms with Crippen LogP contribution in [0.5, 0.6) is 0 Å². The Morgan fingerprint density at radius 2 is 1.93 bits per heavy atom. The van der Waals surface area contributed by atoms with E-state index in [9.17, 15) is 4.79 Å². The number of nitrogens with zero attached hydrogens (tertiary/aromatic N) is 4. The van der Waals surface area contributed by atoms with E-state index >= 15 is 0 Å². The van der Waals surface area contributed by atoms with Crippen molar-refractivity contribution in [3.8, 4) is 0 Å². The van der Waals surface area contributed by atoms with Gasteiger partial charge >= 0.3 is 0 Å². The number of benzene rings is 1. The minimum Gasteiger partial charge on any atom is -0.322 e. The molecule has 1 aliphatic rings. The number of likely N-dealkylation sites (N-methyl/N-ethyl adjacent to an activating group) is 1. The van der Waals surface area contributed by atoms with E-state index in [0.29, 0.717) is 11.2 Å². The maximum atomic E-state index is 12.6. The number of anilines is 1. The number of hydrogen-bond donors (Lipinski definition) is 2. The molecule has 1 aromatic carbocycles. The van der Waals surface area contributed by atoms with Crippen molar-refractivity contribution < 1.29 is 4.79 Å². The summed E-state index contributed by atoms with van der Waals surface area (Å²) in [7, 11) is 2.17. The van der Waals surface area contributed by atoms with Crippen LogP contribution in [0.25, 0.3) is 11.0 Å². The molecule has 7 nitrogen and oxygen atoms in total. The number of H-pyrrole nitrogens is 1. The highest BCUT2D eigenvalue weighted by atomic mass is 16.1. The van der Waals surface area contributed by atoms with Gasteiger partial charge in [-0.2, -0.15) is 5.10 Å². The van der Waals surface area contributed by atoms with Gasteiger partial charge in [0.1, 0.15) is 0 Å². The molecule has 7 heteroatoms. The molecule has 3 aromatic rings. The van der Waals surface area contributed by atoms with Crippen LogP contribution in [0.15, 0.2) is 42.7 Å². The van der Waals surface area contributed by atoms with E-state index in [1.807, 2.05) is 12.1 Å². The molecule has 0 aliphatic carbocycles.